The van der Waals surface area contributed by atoms with Crippen molar-refractivity contribution >= 4 is 16.7 Å². The van der Waals surface area contributed by atoms with Crippen molar-refractivity contribution in [2.24, 2.45) is 17.8 Å². The van der Waals surface area contributed by atoms with Gasteiger partial charge in [-0.2, -0.15) is 0 Å². The molecule has 0 aromatic heterocycles. The maximum Gasteiger partial charge on any atom is 0.341 e. The van der Waals surface area contributed by atoms with Crippen LogP contribution in [0.15, 0.2) is 18.2 Å². The van der Waals surface area contributed by atoms with Crippen LogP contribution >= 0.6 is 0 Å². The van der Waals surface area contributed by atoms with Crippen LogP contribution in [0.5, 0.6) is 0 Å². The first-order valence-electron chi connectivity index (χ1n) is 12.7. The average Bonchev–Trinajstić information content (AvgIpc) is 2.77. The van der Waals surface area contributed by atoms with Gasteiger partial charge in [0.2, 0.25) is 0 Å². The molecule has 180 valence electrons. The molecule has 5 heteroatoms. The van der Waals surface area contributed by atoms with Gasteiger partial charge in [-0.05, 0) is 78.9 Å². The summed E-state index contributed by atoms with van der Waals surface area (Å²) in [5, 5.41) is 8.72. The number of fused-ring (bicyclic) bond motifs is 2. The number of hydrogen-bond donors (Lipinski definition) is 1. The zero-order valence-electron chi connectivity index (χ0n) is 19.5. The number of halogens is 3. The van der Waals surface area contributed by atoms with E-state index in [1.165, 1.54) is 63.9 Å². The lowest BCUT2D eigenvalue weighted by molar-refractivity contribution is 0.0687. The van der Waals surface area contributed by atoms with Crippen molar-refractivity contribution in [3.05, 3.63) is 46.8 Å². The summed E-state index contributed by atoms with van der Waals surface area (Å²) in [4.78, 5) is 11.2. The standard InChI is InChI=1S/C28H35F3O2/c1-2-3-4-5-6-7-17-8-9-19-13-20(11-10-18(19)12-17)21-14-22-16-24(30)26(28(32)33)27(31)25(22)23(29)15-21/h14-20H,2-13H2,1H3,(H,32,33). The van der Waals surface area contributed by atoms with Crippen LogP contribution in [0.1, 0.15) is 106 Å². The maximum atomic E-state index is 14.9. The fourth-order valence-electron chi connectivity index (χ4n) is 6.45. The van der Waals surface area contributed by atoms with Crippen molar-refractivity contribution in [1.29, 1.82) is 0 Å². The second kappa shape index (κ2) is 10.5. The van der Waals surface area contributed by atoms with E-state index in [0.717, 1.165) is 42.7 Å². The van der Waals surface area contributed by atoms with Crippen LogP contribution in [-0.2, 0) is 0 Å². The van der Waals surface area contributed by atoms with Gasteiger partial charge in [0.25, 0.3) is 0 Å². The van der Waals surface area contributed by atoms with Crippen molar-refractivity contribution in [2.45, 2.75) is 89.9 Å². The molecule has 0 amide bonds. The van der Waals surface area contributed by atoms with Crippen LogP contribution < -0.4 is 0 Å². The SMILES string of the molecule is CCCCCCCC1CCC2CC(c3cc(F)c4c(F)c(C(=O)O)c(F)cc4c3)CCC2C1. The molecule has 33 heavy (non-hydrogen) atoms. The van der Waals surface area contributed by atoms with Gasteiger partial charge in [0.05, 0.1) is 5.39 Å². The van der Waals surface area contributed by atoms with Crippen LogP contribution in [0.25, 0.3) is 10.8 Å². The van der Waals surface area contributed by atoms with E-state index in [1.807, 2.05) is 0 Å². The molecule has 2 fully saturated rings. The predicted molar refractivity (Wildman–Crippen MR) is 125 cm³/mol. The van der Waals surface area contributed by atoms with E-state index >= 15 is 0 Å². The molecule has 1 N–H and O–H groups in total. The molecule has 0 heterocycles. The largest absolute Gasteiger partial charge is 0.477 e. The minimum Gasteiger partial charge on any atom is -0.477 e. The van der Waals surface area contributed by atoms with E-state index in [0.29, 0.717) is 5.92 Å². The van der Waals surface area contributed by atoms with Gasteiger partial charge >= 0.3 is 5.97 Å². The zero-order chi connectivity index (χ0) is 23.5. The third-order valence-corrected chi connectivity index (χ3v) is 8.23. The highest BCUT2D eigenvalue weighted by atomic mass is 19.1. The van der Waals surface area contributed by atoms with Gasteiger partial charge in [0.1, 0.15) is 17.2 Å². The molecule has 2 saturated carbocycles. The number of rotatable bonds is 8. The maximum absolute atomic E-state index is 14.9. The van der Waals surface area contributed by atoms with Crippen molar-refractivity contribution in [2.75, 3.05) is 0 Å². The lowest BCUT2D eigenvalue weighted by Crippen LogP contribution is -2.30. The zero-order valence-corrected chi connectivity index (χ0v) is 19.5. The summed E-state index contributed by atoms with van der Waals surface area (Å²) >= 11 is 0. The summed E-state index contributed by atoms with van der Waals surface area (Å²) in [6.45, 7) is 2.25. The van der Waals surface area contributed by atoms with Crippen molar-refractivity contribution in [1.82, 2.24) is 0 Å². The molecule has 0 aliphatic heterocycles. The third-order valence-electron chi connectivity index (χ3n) is 8.23. The lowest BCUT2D eigenvalue weighted by Gasteiger charge is -2.42. The molecule has 0 saturated heterocycles. The van der Waals surface area contributed by atoms with Gasteiger partial charge in [0, 0.05) is 0 Å². The first-order chi connectivity index (χ1) is 15.9. The van der Waals surface area contributed by atoms with E-state index in [4.69, 9.17) is 5.11 Å². The van der Waals surface area contributed by atoms with Gasteiger partial charge in [-0.3, -0.25) is 0 Å². The molecule has 0 radical (unpaired) electrons. The summed E-state index contributed by atoms with van der Waals surface area (Å²) < 4.78 is 43.6. The number of carbonyl (C=O) groups is 1. The first kappa shape index (κ1) is 24.1. The fourth-order valence-corrected chi connectivity index (χ4v) is 6.45. The van der Waals surface area contributed by atoms with Gasteiger partial charge in [-0.1, -0.05) is 57.9 Å². The van der Waals surface area contributed by atoms with Gasteiger partial charge in [0.15, 0.2) is 5.82 Å². The number of hydrogen-bond acceptors (Lipinski definition) is 1. The number of unbranched alkanes of at least 4 members (excludes halogenated alkanes) is 4. The molecular formula is C28H35F3O2. The van der Waals surface area contributed by atoms with Gasteiger partial charge in [-0.25, -0.2) is 18.0 Å². The molecule has 0 spiro atoms. The molecule has 2 aliphatic carbocycles. The molecule has 2 aliphatic rings. The Kier molecular flexibility index (Phi) is 7.65. The van der Waals surface area contributed by atoms with Crippen LogP contribution in [-0.4, -0.2) is 11.1 Å². The van der Waals surface area contributed by atoms with E-state index in [1.54, 1.807) is 6.07 Å². The van der Waals surface area contributed by atoms with Crippen molar-refractivity contribution < 1.29 is 23.1 Å². The second-order valence-electron chi connectivity index (χ2n) is 10.4. The van der Waals surface area contributed by atoms with Crippen LogP contribution in [0.4, 0.5) is 13.2 Å². The molecule has 0 bridgehead atoms. The molecule has 4 atom stereocenters. The van der Waals surface area contributed by atoms with Crippen molar-refractivity contribution in [3.8, 4) is 0 Å². The Hall–Kier alpha value is -2.04. The Labute approximate surface area is 194 Å². The van der Waals surface area contributed by atoms with E-state index in [9.17, 15) is 18.0 Å². The highest BCUT2D eigenvalue weighted by Gasteiger charge is 2.36. The fraction of sp³-hybridized carbons (Fsp3) is 0.607. The van der Waals surface area contributed by atoms with Crippen LogP contribution in [0.3, 0.4) is 0 Å². The summed E-state index contributed by atoms with van der Waals surface area (Å²) in [5.74, 6) is -2.63. The average molecular weight is 461 g/mol. The molecule has 2 nitrogen and oxygen atoms in total. The van der Waals surface area contributed by atoms with Crippen LogP contribution in [0.2, 0.25) is 0 Å². The Bertz CT molecular complexity index is 1000. The lowest BCUT2D eigenvalue weighted by atomic mass is 9.63. The topological polar surface area (TPSA) is 37.3 Å². The minimum atomic E-state index is -1.73. The Morgan fingerprint density at radius 1 is 0.909 bits per heavy atom. The van der Waals surface area contributed by atoms with E-state index in [2.05, 4.69) is 6.92 Å². The smallest absolute Gasteiger partial charge is 0.341 e. The van der Waals surface area contributed by atoms with E-state index in [-0.39, 0.29) is 11.3 Å². The molecular weight excluding hydrogens is 425 g/mol. The summed E-state index contributed by atoms with van der Waals surface area (Å²) in [7, 11) is 0. The summed E-state index contributed by atoms with van der Waals surface area (Å²) in [6, 6.07) is 3.94. The Balaban J connectivity index is 1.43. The number of carboxylic acids is 1. The monoisotopic (exact) mass is 460 g/mol. The third kappa shape index (κ3) is 5.22. The first-order valence-corrected chi connectivity index (χ1v) is 12.7. The summed E-state index contributed by atoms with van der Waals surface area (Å²) in [5.41, 5.74) is -0.324. The highest BCUT2D eigenvalue weighted by molar-refractivity contribution is 5.96. The molecule has 2 aromatic carbocycles. The quantitative estimate of drug-likeness (QED) is 0.400. The number of benzene rings is 2. The minimum absolute atomic E-state index is 0.0962. The van der Waals surface area contributed by atoms with Crippen molar-refractivity contribution in [3.63, 3.8) is 0 Å². The molecule has 2 aromatic rings. The van der Waals surface area contributed by atoms with Gasteiger partial charge in [-0.15, -0.1) is 0 Å². The predicted octanol–water partition coefficient (Wildman–Crippen LogP) is 8.62. The second-order valence-corrected chi connectivity index (χ2v) is 10.4. The number of aromatic carboxylic acids is 1. The molecule has 4 rings (SSSR count). The Morgan fingerprint density at radius 3 is 2.39 bits per heavy atom. The van der Waals surface area contributed by atoms with E-state index < -0.39 is 34.4 Å². The van der Waals surface area contributed by atoms with Crippen LogP contribution in [0, 0.1) is 35.2 Å². The summed E-state index contributed by atoms with van der Waals surface area (Å²) in [6.07, 6.45) is 14.9. The Morgan fingerprint density at radius 2 is 1.64 bits per heavy atom. The normalized spacial score (nSPS) is 25.2. The highest BCUT2D eigenvalue weighted by Crippen LogP contribution is 2.49. The molecule has 4 unspecified atom stereocenters. The van der Waals surface area contributed by atoms with Gasteiger partial charge < -0.3 is 5.11 Å². The number of carboxylic acid groups (broad SMARTS) is 1.